The standard InChI is InChI=1S/C15H13BrClNO2S/c1-2-11-18(14-7-5-13(17)6-8-14)21(19,20)15-9-3-12(16)4-10-15/h2-10H,1,11H2. The van der Waals surface area contributed by atoms with Crippen LogP contribution in [0.2, 0.25) is 5.02 Å². The molecule has 3 nitrogen and oxygen atoms in total. The monoisotopic (exact) mass is 385 g/mol. The van der Waals surface area contributed by atoms with Gasteiger partial charge in [0, 0.05) is 9.50 Å². The Bertz CT molecular complexity index is 727. The SMILES string of the molecule is C=CCN(c1ccc(Cl)cc1)S(=O)(=O)c1ccc(Br)cc1. The lowest BCUT2D eigenvalue weighted by Crippen LogP contribution is -2.31. The summed E-state index contributed by atoms with van der Waals surface area (Å²) in [5.41, 5.74) is 0.544. The second-order valence-electron chi connectivity index (χ2n) is 4.26. The summed E-state index contributed by atoms with van der Waals surface area (Å²) in [6, 6.07) is 13.2. The zero-order valence-corrected chi connectivity index (χ0v) is 14.2. The molecule has 0 saturated heterocycles. The molecular weight excluding hydrogens is 374 g/mol. The fraction of sp³-hybridized carbons (Fsp3) is 0.0667. The molecule has 0 atom stereocenters. The number of hydrogen-bond acceptors (Lipinski definition) is 2. The zero-order chi connectivity index (χ0) is 15.5. The van der Waals surface area contributed by atoms with Crippen LogP contribution in [0.15, 0.2) is 70.6 Å². The summed E-state index contributed by atoms with van der Waals surface area (Å²) in [7, 11) is -3.65. The fourth-order valence-electron chi connectivity index (χ4n) is 1.80. The van der Waals surface area contributed by atoms with Crippen LogP contribution >= 0.6 is 27.5 Å². The number of anilines is 1. The molecule has 0 unspecified atom stereocenters. The van der Waals surface area contributed by atoms with E-state index in [9.17, 15) is 8.42 Å². The molecule has 110 valence electrons. The third-order valence-electron chi connectivity index (χ3n) is 2.81. The van der Waals surface area contributed by atoms with Gasteiger partial charge < -0.3 is 0 Å². The van der Waals surface area contributed by atoms with Crippen LogP contribution in [0.25, 0.3) is 0 Å². The zero-order valence-electron chi connectivity index (χ0n) is 11.0. The van der Waals surface area contributed by atoms with Gasteiger partial charge in [-0.1, -0.05) is 33.6 Å². The van der Waals surface area contributed by atoms with Crippen molar-refractivity contribution < 1.29 is 8.42 Å². The quantitative estimate of drug-likeness (QED) is 0.710. The van der Waals surface area contributed by atoms with Crippen molar-refractivity contribution in [3.8, 4) is 0 Å². The Balaban J connectivity index is 2.47. The first kappa shape index (κ1) is 16.1. The molecule has 0 N–H and O–H groups in total. The van der Waals surface area contributed by atoms with Gasteiger partial charge in [0.25, 0.3) is 10.0 Å². The summed E-state index contributed by atoms with van der Waals surface area (Å²) >= 11 is 9.14. The van der Waals surface area contributed by atoms with Gasteiger partial charge in [-0.15, -0.1) is 6.58 Å². The molecule has 2 aromatic carbocycles. The van der Waals surface area contributed by atoms with Crippen molar-refractivity contribution in [2.75, 3.05) is 10.8 Å². The van der Waals surface area contributed by atoms with Gasteiger partial charge in [-0.3, -0.25) is 4.31 Å². The largest absolute Gasteiger partial charge is 0.264 e. The Morgan fingerprint density at radius 2 is 1.67 bits per heavy atom. The molecular formula is C15H13BrClNO2S. The highest BCUT2D eigenvalue weighted by molar-refractivity contribution is 9.10. The molecule has 6 heteroatoms. The molecule has 0 amide bonds. The van der Waals surface area contributed by atoms with E-state index >= 15 is 0 Å². The molecule has 0 bridgehead atoms. The molecule has 0 spiro atoms. The van der Waals surface area contributed by atoms with Crippen LogP contribution in [0.3, 0.4) is 0 Å². The highest BCUT2D eigenvalue weighted by atomic mass is 79.9. The van der Waals surface area contributed by atoms with Gasteiger partial charge in [-0.2, -0.15) is 0 Å². The van der Waals surface area contributed by atoms with Gasteiger partial charge in [0.05, 0.1) is 17.1 Å². The Morgan fingerprint density at radius 3 is 2.19 bits per heavy atom. The Hall–Kier alpha value is -1.30. The second kappa shape index (κ2) is 6.64. The number of halogens is 2. The number of benzene rings is 2. The number of hydrogen-bond donors (Lipinski definition) is 0. The summed E-state index contributed by atoms with van der Waals surface area (Å²) in [6.45, 7) is 3.81. The van der Waals surface area contributed by atoms with E-state index in [1.807, 2.05) is 0 Å². The van der Waals surface area contributed by atoms with Crippen molar-refractivity contribution in [3.05, 3.63) is 70.7 Å². The smallest absolute Gasteiger partial charge is 0.263 e. The maximum Gasteiger partial charge on any atom is 0.264 e. The van der Waals surface area contributed by atoms with Crippen LogP contribution in [0.1, 0.15) is 0 Å². The third-order valence-corrected chi connectivity index (χ3v) is 5.40. The van der Waals surface area contributed by atoms with Crippen LogP contribution in [0, 0.1) is 0 Å². The van der Waals surface area contributed by atoms with Crippen molar-refractivity contribution in [1.82, 2.24) is 0 Å². The van der Waals surface area contributed by atoms with E-state index in [1.165, 1.54) is 4.31 Å². The summed E-state index contributed by atoms with van der Waals surface area (Å²) in [4.78, 5) is 0.225. The highest BCUT2D eigenvalue weighted by Gasteiger charge is 2.23. The van der Waals surface area contributed by atoms with Crippen molar-refractivity contribution in [1.29, 1.82) is 0 Å². The van der Waals surface area contributed by atoms with Crippen LogP contribution in [-0.4, -0.2) is 15.0 Å². The van der Waals surface area contributed by atoms with Crippen molar-refractivity contribution >= 4 is 43.2 Å². The molecule has 21 heavy (non-hydrogen) atoms. The molecule has 0 heterocycles. The first-order valence-electron chi connectivity index (χ1n) is 6.10. The van der Waals surface area contributed by atoms with E-state index in [0.29, 0.717) is 10.7 Å². The molecule has 0 radical (unpaired) electrons. The third kappa shape index (κ3) is 3.67. The fourth-order valence-corrected chi connectivity index (χ4v) is 3.63. The second-order valence-corrected chi connectivity index (χ2v) is 7.47. The number of rotatable bonds is 5. The van der Waals surface area contributed by atoms with E-state index in [-0.39, 0.29) is 11.4 Å². The number of nitrogens with zero attached hydrogens (tertiary/aromatic N) is 1. The van der Waals surface area contributed by atoms with Crippen molar-refractivity contribution in [2.45, 2.75) is 4.90 Å². The van der Waals surface area contributed by atoms with Gasteiger partial charge in [-0.05, 0) is 48.5 Å². The molecule has 0 fully saturated rings. The minimum atomic E-state index is -3.65. The maximum atomic E-state index is 12.7. The lowest BCUT2D eigenvalue weighted by molar-refractivity contribution is 0.593. The minimum absolute atomic E-state index is 0.181. The topological polar surface area (TPSA) is 37.4 Å². The average molecular weight is 387 g/mol. The average Bonchev–Trinajstić information content (AvgIpc) is 2.46. The van der Waals surface area contributed by atoms with E-state index in [4.69, 9.17) is 11.6 Å². The van der Waals surface area contributed by atoms with Gasteiger partial charge in [0.1, 0.15) is 0 Å². The molecule has 0 aromatic heterocycles. The van der Waals surface area contributed by atoms with E-state index in [0.717, 1.165) is 4.47 Å². The van der Waals surface area contributed by atoms with Crippen LogP contribution in [0.5, 0.6) is 0 Å². The predicted molar refractivity (Wildman–Crippen MR) is 90.3 cm³/mol. The normalized spacial score (nSPS) is 11.1. The Labute approximate surface area is 138 Å². The number of sulfonamides is 1. The summed E-state index contributed by atoms with van der Waals surface area (Å²) in [6.07, 6.45) is 1.55. The van der Waals surface area contributed by atoms with Crippen LogP contribution in [0.4, 0.5) is 5.69 Å². The highest BCUT2D eigenvalue weighted by Crippen LogP contribution is 2.25. The predicted octanol–water partition coefficient (Wildman–Crippen LogP) is 4.48. The van der Waals surface area contributed by atoms with Gasteiger partial charge in [-0.25, -0.2) is 8.42 Å². The molecule has 0 aliphatic rings. The van der Waals surface area contributed by atoms with E-state index in [1.54, 1.807) is 54.6 Å². The molecule has 2 aromatic rings. The Morgan fingerprint density at radius 1 is 1.10 bits per heavy atom. The maximum absolute atomic E-state index is 12.7. The summed E-state index contributed by atoms with van der Waals surface area (Å²) in [5.74, 6) is 0. The molecule has 0 aliphatic carbocycles. The van der Waals surface area contributed by atoms with Crippen molar-refractivity contribution in [2.24, 2.45) is 0 Å². The first-order chi connectivity index (χ1) is 9.95. The lowest BCUT2D eigenvalue weighted by atomic mass is 10.3. The first-order valence-corrected chi connectivity index (χ1v) is 8.71. The minimum Gasteiger partial charge on any atom is -0.263 e. The summed E-state index contributed by atoms with van der Waals surface area (Å²) in [5, 5.41) is 0.554. The summed E-state index contributed by atoms with van der Waals surface area (Å²) < 4.78 is 27.6. The van der Waals surface area contributed by atoms with Gasteiger partial charge in [0.15, 0.2) is 0 Å². The lowest BCUT2D eigenvalue weighted by Gasteiger charge is -2.23. The van der Waals surface area contributed by atoms with Gasteiger partial charge in [0.2, 0.25) is 0 Å². The van der Waals surface area contributed by atoms with Gasteiger partial charge >= 0.3 is 0 Å². The van der Waals surface area contributed by atoms with E-state index < -0.39 is 10.0 Å². The molecule has 0 saturated carbocycles. The molecule has 0 aliphatic heterocycles. The van der Waals surface area contributed by atoms with Crippen molar-refractivity contribution in [3.63, 3.8) is 0 Å². The molecule has 2 rings (SSSR count). The Kier molecular flexibility index (Phi) is 5.08. The van der Waals surface area contributed by atoms with E-state index in [2.05, 4.69) is 22.5 Å². The van der Waals surface area contributed by atoms with Crippen LogP contribution in [-0.2, 0) is 10.0 Å². The van der Waals surface area contributed by atoms with Crippen LogP contribution < -0.4 is 4.31 Å².